The number of nitrogens with one attached hydrogen (secondary N) is 1. The van der Waals surface area contributed by atoms with E-state index in [1.807, 2.05) is 30.3 Å². The molecule has 0 aromatic heterocycles. The summed E-state index contributed by atoms with van der Waals surface area (Å²) in [7, 11) is 0. The third-order valence-electron chi connectivity index (χ3n) is 2.57. The summed E-state index contributed by atoms with van der Waals surface area (Å²) in [6, 6.07) is 16.8. The van der Waals surface area contributed by atoms with Crippen molar-refractivity contribution >= 4 is 17.3 Å². The molecule has 0 aliphatic carbocycles. The van der Waals surface area contributed by atoms with Crippen LogP contribution in [0.1, 0.15) is 0 Å². The Balaban J connectivity index is 1.72. The molecule has 19 heavy (non-hydrogen) atoms. The molecule has 0 fully saturated rings. The fourth-order valence-corrected chi connectivity index (χ4v) is 1.70. The second-order valence-electron chi connectivity index (χ2n) is 4.17. The van der Waals surface area contributed by atoms with E-state index in [0.717, 1.165) is 5.69 Å². The molecule has 0 aliphatic heterocycles. The zero-order valence-electron chi connectivity index (χ0n) is 10.4. The molecule has 0 saturated carbocycles. The van der Waals surface area contributed by atoms with Crippen LogP contribution in [-0.2, 0) is 0 Å². The molecule has 3 nitrogen and oxygen atoms in total. The van der Waals surface area contributed by atoms with E-state index in [0.29, 0.717) is 17.3 Å². The van der Waals surface area contributed by atoms with Gasteiger partial charge in [-0.1, -0.05) is 29.8 Å². The number of halogens is 1. The van der Waals surface area contributed by atoms with Gasteiger partial charge in [-0.25, -0.2) is 0 Å². The van der Waals surface area contributed by atoms with E-state index >= 15 is 0 Å². The van der Waals surface area contributed by atoms with Gasteiger partial charge in [-0.3, -0.25) is 0 Å². The Morgan fingerprint density at radius 2 is 1.74 bits per heavy atom. The molecule has 2 aromatic carbocycles. The van der Waals surface area contributed by atoms with Crippen LogP contribution in [-0.4, -0.2) is 24.4 Å². The van der Waals surface area contributed by atoms with E-state index in [1.54, 1.807) is 24.3 Å². The van der Waals surface area contributed by atoms with Gasteiger partial charge in [-0.05, 0) is 36.4 Å². The summed E-state index contributed by atoms with van der Waals surface area (Å²) in [5, 5.41) is 13.6. The third kappa shape index (κ3) is 4.81. The number of hydrogen-bond acceptors (Lipinski definition) is 3. The number of aliphatic hydroxyl groups excluding tert-OH is 1. The zero-order valence-corrected chi connectivity index (χ0v) is 11.2. The largest absolute Gasteiger partial charge is 0.491 e. The van der Waals surface area contributed by atoms with Crippen molar-refractivity contribution in [1.82, 2.24) is 0 Å². The van der Waals surface area contributed by atoms with Crippen LogP contribution in [0.4, 0.5) is 5.69 Å². The van der Waals surface area contributed by atoms with E-state index in [9.17, 15) is 5.11 Å². The second-order valence-corrected chi connectivity index (χ2v) is 4.60. The fourth-order valence-electron chi connectivity index (χ4n) is 1.57. The average molecular weight is 278 g/mol. The summed E-state index contributed by atoms with van der Waals surface area (Å²) in [5.41, 5.74) is 0.980. The highest BCUT2D eigenvalue weighted by molar-refractivity contribution is 6.30. The van der Waals surface area contributed by atoms with Crippen molar-refractivity contribution in [3.8, 4) is 5.75 Å². The Labute approximate surface area is 117 Å². The molecule has 0 saturated heterocycles. The summed E-state index contributed by atoms with van der Waals surface area (Å²) in [6.45, 7) is 0.680. The maximum Gasteiger partial charge on any atom is 0.119 e. The molecule has 0 bridgehead atoms. The van der Waals surface area contributed by atoms with Crippen LogP contribution in [0.2, 0.25) is 5.02 Å². The lowest BCUT2D eigenvalue weighted by atomic mass is 10.3. The van der Waals surface area contributed by atoms with E-state index in [-0.39, 0.29) is 6.61 Å². The van der Waals surface area contributed by atoms with Crippen molar-refractivity contribution in [2.75, 3.05) is 18.5 Å². The molecule has 100 valence electrons. The van der Waals surface area contributed by atoms with Crippen molar-refractivity contribution in [2.24, 2.45) is 0 Å². The third-order valence-corrected chi connectivity index (χ3v) is 2.82. The molecule has 2 N–H and O–H groups in total. The minimum Gasteiger partial charge on any atom is -0.491 e. The van der Waals surface area contributed by atoms with Gasteiger partial charge < -0.3 is 15.2 Å². The number of rotatable bonds is 6. The molecular weight excluding hydrogens is 262 g/mol. The lowest BCUT2D eigenvalue weighted by Crippen LogP contribution is -2.26. The number of ether oxygens (including phenoxy) is 1. The normalized spacial score (nSPS) is 11.9. The topological polar surface area (TPSA) is 41.5 Å². The number of para-hydroxylation sites is 1. The lowest BCUT2D eigenvalue weighted by Gasteiger charge is -2.14. The first-order valence-electron chi connectivity index (χ1n) is 6.09. The summed E-state index contributed by atoms with van der Waals surface area (Å²) in [4.78, 5) is 0. The van der Waals surface area contributed by atoms with Crippen LogP contribution in [0.15, 0.2) is 54.6 Å². The number of aliphatic hydroxyl groups is 1. The van der Waals surface area contributed by atoms with Gasteiger partial charge in [0.15, 0.2) is 0 Å². The van der Waals surface area contributed by atoms with Gasteiger partial charge in [0, 0.05) is 17.3 Å². The first-order chi connectivity index (χ1) is 9.24. The van der Waals surface area contributed by atoms with E-state index < -0.39 is 6.10 Å². The summed E-state index contributed by atoms with van der Waals surface area (Å²) in [6.07, 6.45) is -0.573. The van der Waals surface area contributed by atoms with Crippen LogP contribution < -0.4 is 10.1 Å². The van der Waals surface area contributed by atoms with E-state index in [2.05, 4.69) is 5.32 Å². The van der Waals surface area contributed by atoms with Crippen LogP contribution >= 0.6 is 11.6 Å². The molecule has 2 aromatic rings. The summed E-state index contributed by atoms with van der Waals surface area (Å²) < 4.78 is 5.46. The van der Waals surface area contributed by atoms with E-state index in [4.69, 9.17) is 16.3 Å². The van der Waals surface area contributed by atoms with Crippen molar-refractivity contribution in [3.05, 3.63) is 59.6 Å². The maximum atomic E-state index is 9.81. The van der Waals surface area contributed by atoms with Crippen molar-refractivity contribution in [1.29, 1.82) is 0 Å². The van der Waals surface area contributed by atoms with Crippen LogP contribution in [0.25, 0.3) is 0 Å². The standard InChI is InChI=1S/C15H16ClNO2/c16-12-6-8-15(9-7-12)19-11-14(18)10-17-13-4-2-1-3-5-13/h1-9,14,17-18H,10-11H2. The highest BCUT2D eigenvalue weighted by atomic mass is 35.5. The molecule has 1 atom stereocenters. The maximum absolute atomic E-state index is 9.81. The molecule has 0 spiro atoms. The Hall–Kier alpha value is -1.71. The number of hydrogen-bond donors (Lipinski definition) is 2. The Kier molecular flexibility index (Phi) is 5.07. The molecule has 0 amide bonds. The SMILES string of the molecule is OC(CNc1ccccc1)COc1ccc(Cl)cc1. The average Bonchev–Trinajstić information content (AvgIpc) is 2.45. The van der Waals surface area contributed by atoms with Gasteiger partial charge >= 0.3 is 0 Å². The van der Waals surface area contributed by atoms with Crippen molar-refractivity contribution in [3.63, 3.8) is 0 Å². The Morgan fingerprint density at radius 3 is 2.42 bits per heavy atom. The van der Waals surface area contributed by atoms with Gasteiger partial charge in [-0.15, -0.1) is 0 Å². The predicted molar refractivity (Wildman–Crippen MR) is 77.9 cm³/mol. The molecule has 4 heteroatoms. The first kappa shape index (κ1) is 13.7. The van der Waals surface area contributed by atoms with Gasteiger partial charge in [0.05, 0.1) is 0 Å². The highest BCUT2D eigenvalue weighted by Gasteiger charge is 2.05. The van der Waals surface area contributed by atoms with Crippen LogP contribution in [0.5, 0.6) is 5.75 Å². The Bertz CT molecular complexity index is 487. The van der Waals surface area contributed by atoms with Crippen LogP contribution in [0.3, 0.4) is 0 Å². The molecule has 1 unspecified atom stereocenters. The van der Waals surface area contributed by atoms with Gasteiger partial charge in [-0.2, -0.15) is 0 Å². The highest BCUT2D eigenvalue weighted by Crippen LogP contribution is 2.15. The molecule has 0 radical (unpaired) electrons. The zero-order chi connectivity index (χ0) is 13.5. The summed E-state index contributed by atoms with van der Waals surface area (Å²) >= 11 is 5.78. The second kappa shape index (κ2) is 7.02. The number of benzene rings is 2. The molecular formula is C15H16ClNO2. The predicted octanol–water partition coefficient (Wildman–Crippen LogP) is 3.19. The first-order valence-corrected chi connectivity index (χ1v) is 6.47. The van der Waals surface area contributed by atoms with E-state index in [1.165, 1.54) is 0 Å². The molecule has 2 rings (SSSR count). The molecule has 0 heterocycles. The van der Waals surface area contributed by atoms with Crippen LogP contribution in [0, 0.1) is 0 Å². The van der Waals surface area contributed by atoms with Gasteiger partial charge in [0.1, 0.15) is 18.5 Å². The minimum atomic E-state index is -0.573. The lowest BCUT2D eigenvalue weighted by molar-refractivity contribution is 0.117. The summed E-state index contributed by atoms with van der Waals surface area (Å²) in [5.74, 6) is 0.697. The smallest absolute Gasteiger partial charge is 0.119 e. The number of anilines is 1. The Morgan fingerprint density at radius 1 is 1.05 bits per heavy atom. The van der Waals surface area contributed by atoms with Crippen molar-refractivity contribution in [2.45, 2.75) is 6.10 Å². The molecule has 0 aliphatic rings. The minimum absolute atomic E-state index is 0.238. The monoisotopic (exact) mass is 277 g/mol. The van der Waals surface area contributed by atoms with Gasteiger partial charge in [0.25, 0.3) is 0 Å². The fraction of sp³-hybridized carbons (Fsp3) is 0.200. The van der Waals surface area contributed by atoms with Crippen molar-refractivity contribution < 1.29 is 9.84 Å². The quantitative estimate of drug-likeness (QED) is 0.852. The van der Waals surface area contributed by atoms with Gasteiger partial charge in [0.2, 0.25) is 0 Å².